The van der Waals surface area contributed by atoms with Gasteiger partial charge in [0.25, 0.3) is 0 Å². The second-order valence-corrected chi connectivity index (χ2v) is 1.94. The highest BCUT2D eigenvalue weighted by atomic mass is 19.1. The molecule has 0 radical (unpaired) electrons. The van der Waals surface area contributed by atoms with Gasteiger partial charge >= 0.3 is 0 Å². The molecule has 0 aliphatic rings. The molecule has 0 fully saturated rings. The smallest absolute Gasteiger partial charge is 0.160 e. The highest BCUT2D eigenvalue weighted by Gasteiger charge is 1.94. The maximum atomic E-state index is 12.3. The van der Waals surface area contributed by atoms with Gasteiger partial charge in [0, 0.05) is 5.28 Å². The van der Waals surface area contributed by atoms with Crippen LogP contribution in [0.15, 0.2) is 28.8 Å². The normalized spacial score (nSPS) is 10.4. The summed E-state index contributed by atoms with van der Waals surface area (Å²) in [6.45, 7) is 0.126. The van der Waals surface area contributed by atoms with Crippen molar-refractivity contribution < 1.29 is 9.23 Å². The minimum atomic E-state index is -0.390. The SMILES string of the molecule is NN=NOCc1ccc(F)cn1. The van der Waals surface area contributed by atoms with E-state index < -0.39 is 0 Å². The predicted molar refractivity (Wildman–Crippen MR) is 38.0 cm³/mol. The molecule has 0 unspecified atom stereocenters. The monoisotopic (exact) mass is 170 g/mol. The van der Waals surface area contributed by atoms with E-state index in [1.807, 2.05) is 0 Å². The van der Waals surface area contributed by atoms with E-state index in [9.17, 15) is 4.39 Å². The molecule has 1 heterocycles. The van der Waals surface area contributed by atoms with Crippen LogP contribution >= 0.6 is 0 Å². The van der Waals surface area contributed by atoms with E-state index in [-0.39, 0.29) is 12.4 Å². The summed E-state index contributed by atoms with van der Waals surface area (Å²) in [5.41, 5.74) is 0.559. The summed E-state index contributed by atoms with van der Waals surface area (Å²) in [5, 5.41) is 5.93. The molecule has 0 aromatic carbocycles. The van der Waals surface area contributed by atoms with Crippen molar-refractivity contribution >= 4 is 0 Å². The van der Waals surface area contributed by atoms with Crippen LogP contribution in [0.5, 0.6) is 0 Å². The van der Waals surface area contributed by atoms with E-state index in [4.69, 9.17) is 0 Å². The average Bonchev–Trinajstić information content (AvgIpc) is 2.09. The molecular formula is C6H7FN4O. The fourth-order valence-electron chi connectivity index (χ4n) is 0.620. The third-order valence-electron chi connectivity index (χ3n) is 1.11. The Morgan fingerprint density at radius 2 is 2.42 bits per heavy atom. The number of nitrogens with two attached hydrogens (primary N) is 1. The molecule has 0 saturated carbocycles. The van der Waals surface area contributed by atoms with E-state index >= 15 is 0 Å². The van der Waals surface area contributed by atoms with Gasteiger partial charge in [-0.25, -0.2) is 4.39 Å². The zero-order chi connectivity index (χ0) is 8.81. The molecule has 0 bridgehead atoms. The summed E-state index contributed by atoms with van der Waals surface area (Å²) >= 11 is 0. The molecule has 0 spiro atoms. The quantitative estimate of drug-likeness (QED) is 0.417. The van der Waals surface area contributed by atoms with Crippen molar-refractivity contribution in [2.24, 2.45) is 16.3 Å². The summed E-state index contributed by atoms with van der Waals surface area (Å²) in [5.74, 6) is 4.28. The average molecular weight is 170 g/mol. The van der Waals surface area contributed by atoms with Crippen molar-refractivity contribution in [2.75, 3.05) is 0 Å². The minimum absolute atomic E-state index is 0.126. The van der Waals surface area contributed by atoms with Crippen LogP contribution in [0.25, 0.3) is 0 Å². The first-order valence-corrected chi connectivity index (χ1v) is 3.15. The molecule has 2 N–H and O–H groups in total. The fourth-order valence-corrected chi connectivity index (χ4v) is 0.620. The van der Waals surface area contributed by atoms with Gasteiger partial charge in [-0.3, -0.25) is 4.98 Å². The first kappa shape index (κ1) is 8.38. The van der Waals surface area contributed by atoms with Crippen molar-refractivity contribution in [3.8, 4) is 0 Å². The van der Waals surface area contributed by atoms with Crippen molar-refractivity contribution in [3.63, 3.8) is 0 Å². The van der Waals surface area contributed by atoms with Crippen molar-refractivity contribution in [1.29, 1.82) is 0 Å². The van der Waals surface area contributed by atoms with Crippen LogP contribution in [-0.2, 0) is 11.4 Å². The van der Waals surface area contributed by atoms with Gasteiger partial charge in [-0.1, -0.05) is 0 Å². The molecule has 0 amide bonds. The second kappa shape index (κ2) is 4.22. The third-order valence-corrected chi connectivity index (χ3v) is 1.11. The zero-order valence-corrected chi connectivity index (χ0v) is 6.14. The van der Waals surface area contributed by atoms with E-state index in [1.54, 1.807) is 0 Å². The molecule has 12 heavy (non-hydrogen) atoms. The molecular weight excluding hydrogens is 163 g/mol. The van der Waals surface area contributed by atoms with Gasteiger partial charge in [-0.05, 0) is 17.4 Å². The lowest BCUT2D eigenvalue weighted by atomic mass is 10.4. The Labute approximate surface area is 68.0 Å². The number of halogens is 1. The van der Waals surface area contributed by atoms with E-state index in [2.05, 4.69) is 26.2 Å². The molecule has 1 aromatic rings. The first-order chi connectivity index (χ1) is 5.83. The molecule has 64 valence electrons. The van der Waals surface area contributed by atoms with Crippen LogP contribution in [0.2, 0.25) is 0 Å². The number of rotatable bonds is 3. The van der Waals surface area contributed by atoms with Gasteiger partial charge in [0.2, 0.25) is 0 Å². The Kier molecular flexibility index (Phi) is 2.95. The van der Waals surface area contributed by atoms with Crippen molar-refractivity contribution in [1.82, 2.24) is 4.98 Å². The number of nitrogens with zero attached hydrogens (tertiary/aromatic N) is 3. The zero-order valence-electron chi connectivity index (χ0n) is 6.14. The Morgan fingerprint density at radius 1 is 1.58 bits per heavy atom. The Hall–Kier alpha value is -1.72. The maximum Gasteiger partial charge on any atom is 0.160 e. The maximum absolute atomic E-state index is 12.3. The summed E-state index contributed by atoms with van der Waals surface area (Å²) in [6.07, 6.45) is 1.10. The van der Waals surface area contributed by atoms with E-state index in [1.165, 1.54) is 12.1 Å². The third kappa shape index (κ3) is 2.49. The van der Waals surface area contributed by atoms with Gasteiger partial charge in [0.1, 0.15) is 5.82 Å². The molecule has 6 heteroatoms. The Morgan fingerprint density at radius 3 is 3.00 bits per heavy atom. The van der Waals surface area contributed by atoms with Crippen LogP contribution in [-0.4, -0.2) is 4.98 Å². The summed E-state index contributed by atoms with van der Waals surface area (Å²) in [7, 11) is 0. The Balaban J connectivity index is 2.47. The van der Waals surface area contributed by atoms with Gasteiger partial charge in [0.05, 0.1) is 11.9 Å². The van der Waals surface area contributed by atoms with Crippen LogP contribution in [0.3, 0.4) is 0 Å². The molecule has 1 rings (SSSR count). The van der Waals surface area contributed by atoms with Gasteiger partial charge in [-0.15, -0.1) is 0 Å². The van der Waals surface area contributed by atoms with Crippen LogP contribution in [0.1, 0.15) is 5.69 Å². The lowest BCUT2D eigenvalue weighted by molar-refractivity contribution is 0.106. The van der Waals surface area contributed by atoms with Crippen molar-refractivity contribution in [2.45, 2.75) is 6.61 Å². The number of aromatic nitrogens is 1. The largest absolute Gasteiger partial charge is 0.372 e. The highest BCUT2D eigenvalue weighted by Crippen LogP contribution is 1.99. The van der Waals surface area contributed by atoms with Gasteiger partial charge in [-0.2, -0.15) is 0 Å². The number of pyridine rings is 1. The molecule has 0 aliphatic heterocycles. The fraction of sp³-hybridized carbons (Fsp3) is 0.167. The van der Waals surface area contributed by atoms with Crippen LogP contribution in [0.4, 0.5) is 4.39 Å². The topological polar surface area (TPSA) is 72.9 Å². The summed E-state index contributed by atoms with van der Waals surface area (Å²) in [4.78, 5) is 8.26. The predicted octanol–water partition coefficient (Wildman–Crippen LogP) is 0.978. The molecule has 5 nitrogen and oxygen atoms in total. The summed E-state index contributed by atoms with van der Waals surface area (Å²) < 4.78 is 12.3. The van der Waals surface area contributed by atoms with Gasteiger partial charge < -0.3 is 10.7 Å². The lowest BCUT2D eigenvalue weighted by Gasteiger charge is -1.95. The van der Waals surface area contributed by atoms with E-state index in [0.717, 1.165) is 6.20 Å². The molecule has 0 saturated heterocycles. The molecule has 0 aliphatic carbocycles. The first-order valence-electron chi connectivity index (χ1n) is 3.15. The molecule has 1 aromatic heterocycles. The summed E-state index contributed by atoms with van der Waals surface area (Å²) in [6, 6.07) is 2.77. The number of hydrogen-bond acceptors (Lipinski definition) is 4. The second-order valence-electron chi connectivity index (χ2n) is 1.94. The highest BCUT2D eigenvalue weighted by molar-refractivity contribution is 5.03. The molecule has 0 atom stereocenters. The van der Waals surface area contributed by atoms with Gasteiger partial charge in [0.15, 0.2) is 6.61 Å². The minimum Gasteiger partial charge on any atom is -0.372 e. The number of hydrogen-bond donors (Lipinski definition) is 1. The van der Waals surface area contributed by atoms with Crippen LogP contribution < -0.4 is 5.84 Å². The van der Waals surface area contributed by atoms with Crippen LogP contribution in [0, 0.1) is 5.82 Å². The Bertz CT molecular complexity index is 261. The van der Waals surface area contributed by atoms with Crippen molar-refractivity contribution in [3.05, 3.63) is 29.8 Å². The lowest BCUT2D eigenvalue weighted by Crippen LogP contribution is -1.91. The van der Waals surface area contributed by atoms with E-state index in [0.29, 0.717) is 5.69 Å². The standard InChI is InChI=1S/C6H7FN4O/c7-5-1-2-6(9-3-5)4-12-11-10-8/h1-3H,4H2,(H2,8,11).